The van der Waals surface area contributed by atoms with Gasteiger partial charge in [0.1, 0.15) is 0 Å². The van der Waals surface area contributed by atoms with Crippen LogP contribution in [0.1, 0.15) is 31.7 Å². The molecule has 0 saturated carbocycles. The monoisotopic (exact) mass is 412 g/mol. The van der Waals surface area contributed by atoms with Crippen molar-refractivity contribution < 1.29 is 18.0 Å². The largest absolute Gasteiger partial charge is 0.419 e. The maximum absolute atomic E-state index is 12.6. The fourth-order valence-corrected chi connectivity index (χ4v) is 3.81. The Morgan fingerprint density at radius 2 is 1.83 bits per heavy atom. The van der Waals surface area contributed by atoms with Crippen LogP contribution in [0.3, 0.4) is 0 Å². The molecule has 1 aromatic rings. The highest BCUT2D eigenvalue weighted by Crippen LogP contribution is 2.28. The van der Waals surface area contributed by atoms with Gasteiger partial charge in [-0.25, -0.2) is 9.97 Å². The molecule has 3 heterocycles. The van der Waals surface area contributed by atoms with Gasteiger partial charge >= 0.3 is 6.18 Å². The molecule has 7 nitrogen and oxygen atoms in total. The molecule has 1 amide bonds. The van der Waals surface area contributed by atoms with Crippen LogP contribution in [0, 0.1) is 11.3 Å². The van der Waals surface area contributed by atoms with Gasteiger partial charge in [0.2, 0.25) is 11.9 Å². The third kappa shape index (κ3) is 5.65. The Bertz CT molecular complexity index is 716. The van der Waals surface area contributed by atoms with E-state index in [9.17, 15) is 18.0 Å². The molecule has 1 aromatic heterocycles. The Balaban J connectivity index is 1.44. The summed E-state index contributed by atoms with van der Waals surface area (Å²) in [7, 11) is 0. The number of alkyl halides is 3. The highest BCUT2D eigenvalue weighted by molar-refractivity contribution is 5.81. The number of likely N-dealkylation sites (tertiary alicyclic amines) is 1. The van der Waals surface area contributed by atoms with Gasteiger partial charge < -0.3 is 20.1 Å². The Morgan fingerprint density at radius 1 is 1.17 bits per heavy atom. The quantitative estimate of drug-likeness (QED) is 0.751. The van der Waals surface area contributed by atoms with E-state index in [1.165, 1.54) is 0 Å². The molecule has 1 unspecified atom stereocenters. The van der Waals surface area contributed by atoms with Gasteiger partial charge in [0.05, 0.1) is 5.56 Å². The molecule has 2 aliphatic heterocycles. The number of rotatable bonds is 5. The number of aromatic nitrogens is 2. The second-order valence-electron chi connectivity index (χ2n) is 7.71. The number of carbonyl (C=O) groups excluding carboxylic acids is 1. The molecule has 1 atom stereocenters. The molecule has 2 saturated heterocycles. The zero-order chi connectivity index (χ0) is 21.0. The fraction of sp³-hybridized carbons (Fsp3) is 0.684. The maximum atomic E-state index is 12.6. The summed E-state index contributed by atoms with van der Waals surface area (Å²) >= 11 is 0. The molecule has 0 aromatic carbocycles. The predicted molar refractivity (Wildman–Crippen MR) is 103 cm³/mol. The van der Waals surface area contributed by atoms with E-state index in [2.05, 4.69) is 14.9 Å². The lowest BCUT2D eigenvalue weighted by Crippen LogP contribution is -2.50. The fourth-order valence-electron chi connectivity index (χ4n) is 3.81. The third-order valence-electron chi connectivity index (χ3n) is 5.64. The molecule has 10 heteroatoms. The first-order valence-electron chi connectivity index (χ1n) is 9.93. The molecule has 160 valence electrons. The standard InChI is InChI=1S/C19H27F3N6O/c1-14(23)15-3-2-5-26(13-15)6-4-17(29)27-7-9-28(10-8-27)18-24-11-16(12-25-18)19(20,21)22/h11-12,15,23H,2-10,13H2,1H3. The number of anilines is 1. The summed E-state index contributed by atoms with van der Waals surface area (Å²) in [5.41, 5.74) is -0.157. The molecule has 3 rings (SSSR count). The van der Waals surface area contributed by atoms with Crippen LogP contribution >= 0.6 is 0 Å². The lowest BCUT2D eigenvalue weighted by Gasteiger charge is -2.36. The molecular weight excluding hydrogens is 385 g/mol. The lowest BCUT2D eigenvalue weighted by atomic mass is 9.94. The van der Waals surface area contributed by atoms with Crippen molar-refractivity contribution in [2.45, 2.75) is 32.4 Å². The van der Waals surface area contributed by atoms with Crippen LogP contribution < -0.4 is 4.90 Å². The second-order valence-corrected chi connectivity index (χ2v) is 7.71. The van der Waals surface area contributed by atoms with Crippen molar-refractivity contribution in [2.24, 2.45) is 5.92 Å². The van der Waals surface area contributed by atoms with Crippen molar-refractivity contribution in [3.63, 3.8) is 0 Å². The Hall–Kier alpha value is -2.23. The Kier molecular flexibility index (Phi) is 6.71. The summed E-state index contributed by atoms with van der Waals surface area (Å²) in [4.78, 5) is 26.0. The molecule has 0 spiro atoms. The zero-order valence-electron chi connectivity index (χ0n) is 16.6. The highest BCUT2D eigenvalue weighted by Gasteiger charge is 2.32. The van der Waals surface area contributed by atoms with Crippen molar-refractivity contribution in [3.8, 4) is 0 Å². The smallest absolute Gasteiger partial charge is 0.339 e. The first-order valence-corrected chi connectivity index (χ1v) is 9.93. The molecular formula is C19H27F3N6O. The number of carbonyl (C=O) groups is 1. The van der Waals surface area contributed by atoms with Crippen LogP contribution in [0.4, 0.5) is 19.1 Å². The number of nitrogens with zero attached hydrogens (tertiary/aromatic N) is 5. The van der Waals surface area contributed by atoms with Gasteiger partial charge in [-0.2, -0.15) is 13.2 Å². The number of halogens is 3. The highest BCUT2D eigenvalue weighted by atomic mass is 19.4. The summed E-state index contributed by atoms with van der Waals surface area (Å²) in [5, 5.41) is 7.82. The molecule has 0 aliphatic carbocycles. The van der Waals surface area contributed by atoms with Gasteiger partial charge in [0.15, 0.2) is 0 Å². The van der Waals surface area contributed by atoms with Crippen LogP contribution in [0.2, 0.25) is 0 Å². The predicted octanol–water partition coefficient (Wildman–Crippen LogP) is 2.29. The van der Waals surface area contributed by atoms with Crippen molar-refractivity contribution in [3.05, 3.63) is 18.0 Å². The van der Waals surface area contributed by atoms with Gasteiger partial charge in [-0.05, 0) is 26.3 Å². The van der Waals surface area contributed by atoms with E-state index >= 15 is 0 Å². The van der Waals surface area contributed by atoms with E-state index in [4.69, 9.17) is 5.41 Å². The van der Waals surface area contributed by atoms with Crippen molar-refractivity contribution >= 4 is 17.6 Å². The first-order chi connectivity index (χ1) is 13.7. The average Bonchev–Trinajstić information content (AvgIpc) is 2.72. The van der Waals surface area contributed by atoms with Gasteiger partial charge in [0, 0.05) is 69.7 Å². The minimum atomic E-state index is -4.45. The van der Waals surface area contributed by atoms with Gasteiger partial charge in [0.25, 0.3) is 0 Å². The van der Waals surface area contributed by atoms with E-state index in [0.717, 1.165) is 38.3 Å². The number of amides is 1. The second kappa shape index (κ2) is 9.06. The summed E-state index contributed by atoms with van der Waals surface area (Å²) in [6, 6.07) is 0. The van der Waals surface area contributed by atoms with E-state index in [1.807, 2.05) is 6.92 Å². The SMILES string of the molecule is CC(=N)C1CCCN(CCC(=O)N2CCN(c3ncc(C(F)(F)F)cn3)CC2)C1. The van der Waals surface area contributed by atoms with Crippen molar-refractivity contribution in [1.29, 1.82) is 5.41 Å². The molecule has 2 fully saturated rings. The molecule has 1 N–H and O–H groups in total. The van der Waals surface area contributed by atoms with Crippen LogP contribution in [0.15, 0.2) is 12.4 Å². The number of nitrogens with one attached hydrogen (secondary N) is 1. The summed E-state index contributed by atoms with van der Waals surface area (Å²) in [5.74, 6) is 0.643. The third-order valence-corrected chi connectivity index (χ3v) is 5.64. The van der Waals surface area contributed by atoms with Crippen LogP contribution in [-0.4, -0.2) is 77.2 Å². The number of piperazine rings is 1. The minimum absolute atomic E-state index is 0.0895. The van der Waals surface area contributed by atoms with Crippen LogP contribution in [0.25, 0.3) is 0 Å². The Morgan fingerprint density at radius 3 is 2.41 bits per heavy atom. The Labute approximate surface area is 168 Å². The lowest BCUT2D eigenvalue weighted by molar-refractivity contribution is -0.138. The topological polar surface area (TPSA) is 76.4 Å². The molecule has 0 radical (unpaired) electrons. The summed E-state index contributed by atoms with van der Waals surface area (Å²) < 4.78 is 37.9. The molecule has 29 heavy (non-hydrogen) atoms. The number of hydrogen-bond donors (Lipinski definition) is 1. The van der Waals surface area contributed by atoms with E-state index in [0.29, 0.717) is 50.8 Å². The number of piperidine rings is 1. The van der Waals surface area contributed by atoms with Gasteiger partial charge in [-0.1, -0.05) is 0 Å². The van der Waals surface area contributed by atoms with E-state index < -0.39 is 11.7 Å². The molecule has 2 aliphatic rings. The first kappa shape index (κ1) is 21.5. The molecule has 0 bridgehead atoms. The summed E-state index contributed by atoms with van der Waals surface area (Å²) in [6.07, 6.45) is -0.311. The maximum Gasteiger partial charge on any atom is 0.419 e. The van der Waals surface area contributed by atoms with E-state index in [-0.39, 0.29) is 11.9 Å². The van der Waals surface area contributed by atoms with Crippen molar-refractivity contribution in [1.82, 2.24) is 19.8 Å². The van der Waals surface area contributed by atoms with E-state index in [1.54, 1.807) is 9.80 Å². The normalized spacial score (nSPS) is 21.3. The zero-order valence-corrected chi connectivity index (χ0v) is 16.6. The van der Waals surface area contributed by atoms with Gasteiger partial charge in [-0.15, -0.1) is 0 Å². The van der Waals surface area contributed by atoms with Gasteiger partial charge in [-0.3, -0.25) is 4.79 Å². The number of hydrogen-bond acceptors (Lipinski definition) is 6. The minimum Gasteiger partial charge on any atom is -0.339 e. The van der Waals surface area contributed by atoms with Crippen molar-refractivity contribution in [2.75, 3.05) is 50.7 Å². The summed E-state index contributed by atoms with van der Waals surface area (Å²) in [6.45, 7) is 6.37. The van der Waals surface area contributed by atoms with Crippen LogP contribution in [-0.2, 0) is 11.0 Å². The average molecular weight is 412 g/mol. The van der Waals surface area contributed by atoms with Crippen LogP contribution in [0.5, 0.6) is 0 Å².